The fourth-order valence-electron chi connectivity index (χ4n) is 2.67. The van der Waals surface area contributed by atoms with Crippen LogP contribution in [0.5, 0.6) is 11.5 Å². The maximum Gasteiger partial charge on any atom is 0.175 e. The Balaban J connectivity index is 2.13. The lowest BCUT2D eigenvalue weighted by Crippen LogP contribution is -2.15. The summed E-state index contributed by atoms with van der Waals surface area (Å²) in [5.74, 6) is 3.04. The number of nitrogens with zero attached hydrogens (tertiary/aromatic N) is 2. The number of anilines is 1. The number of imidazole rings is 1. The second-order valence-electron chi connectivity index (χ2n) is 5.34. The van der Waals surface area contributed by atoms with E-state index in [-0.39, 0.29) is 6.04 Å². The first-order valence-electron chi connectivity index (χ1n) is 6.93. The van der Waals surface area contributed by atoms with Gasteiger partial charge in [0.25, 0.3) is 0 Å². The average Bonchev–Trinajstić information content (AvgIpc) is 2.74. The molecule has 1 aliphatic heterocycles. The molecule has 2 aromatic rings. The van der Waals surface area contributed by atoms with Gasteiger partial charge in [-0.15, -0.1) is 0 Å². The zero-order valence-corrected chi connectivity index (χ0v) is 13.9. The number of halogens is 1. The average molecular weight is 352 g/mol. The van der Waals surface area contributed by atoms with Crippen LogP contribution in [0, 0.1) is 6.92 Å². The lowest BCUT2D eigenvalue weighted by Gasteiger charge is -2.20. The third kappa shape index (κ3) is 2.37. The first kappa shape index (κ1) is 14.3. The summed E-state index contributed by atoms with van der Waals surface area (Å²) in [6.07, 6.45) is 0. The number of fused-ring (bicyclic) bond motifs is 1. The van der Waals surface area contributed by atoms with E-state index in [1.165, 1.54) is 0 Å². The summed E-state index contributed by atoms with van der Waals surface area (Å²) < 4.78 is 14.2. The van der Waals surface area contributed by atoms with Crippen LogP contribution in [0.1, 0.15) is 25.7 Å². The highest BCUT2D eigenvalue weighted by Crippen LogP contribution is 2.42. The van der Waals surface area contributed by atoms with E-state index in [9.17, 15) is 0 Å². The first-order chi connectivity index (χ1) is 9.99. The molecule has 0 aliphatic carbocycles. The van der Waals surface area contributed by atoms with Gasteiger partial charge in [0.05, 0.1) is 4.47 Å². The molecule has 3 rings (SSSR count). The summed E-state index contributed by atoms with van der Waals surface area (Å²) >= 11 is 3.53. The SMILES string of the molecule is Cc1nc(-c2cc(Br)c3c(c2)OCCO3)c(N)n1C(C)C. The molecule has 1 aromatic heterocycles. The summed E-state index contributed by atoms with van der Waals surface area (Å²) in [5, 5.41) is 0. The Labute approximate surface area is 132 Å². The second kappa shape index (κ2) is 5.26. The normalized spacial score (nSPS) is 13.8. The van der Waals surface area contributed by atoms with Crippen molar-refractivity contribution in [3.63, 3.8) is 0 Å². The monoisotopic (exact) mass is 351 g/mol. The van der Waals surface area contributed by atoms with Crippen molar-refractivity contribution in [2.75, 3.05) is 18.9 Å². The number of aryl methyl sites for hydroxylation is 1. The van der Waals surface area contributed by atoms with Gasteiger partial charge in [-0.3, -0.25) is 0 Å². The summed E-state index contributed by atoms with van der Waals surface area (Å²) in [7, 11) is 0. The number of nitrogens with two attached hydrogens (primary N) is 1. The molecular weight excluding hydrogens is 334 g/mol. The largest absolute Gasteiger partial charge is 0.486 e. The van der Waals surface area contributed by atoms with Gasteiger partial charge in [-0.2, -0.15) is 0 Å². The van der Waals surface area contributed by atoms with Gasteiger partial charge in [-0.25, -0.2) is 4.98 Å². The Kier molecular flexibility index (Phi) is 3.57. The lowest BCUT2D eigenvalue weighted by atomic mass is 10.1. The number of hydrogen-bond acceptors (Lipinski definition) is 4. The molecule has 5 nitrogen and oxygen atoms in total. The van der Waals surface area contributed by atoms with E-state index in [0.29, 0.717) is 19.0 Å². The number of rotatable bonds is 2. The lowest BCUT2D eigenvalue weighted by molar-refractivity contribution is 0.170. The molecule has 1 aromatic carbocycles. The molecule has 0 fully saturated rings. The fourth-order valence-corrected chi connectivity index (χ4v) is 3.23. The van der Waals surface area contributed by atoms with Crippen LogP contribution in [0.25, 0.3) is 11.3 Å². The minimum Gasteiger partial charge on any atom is -0.486 e. The maximum atomic E-state index is 6.28. The molecule has 2 heterocycles. The Morgan fingerprint density at radius 1 is 1.29 bits per heavy atom. The Morgan fingerprint density at radius 3 is 2.67 bits per heavy atom. The van der Waals surface area contributed by atoms with Gasteiger partial charge in [0.15, 0.2) is 11.5 Å². The minimum absolute atomic E-state index is 0.270. The quantitative estimate of drug-likeness (QED) is 0.898. The number of benzene rings is 1. The van der Waals surface area contributed by atoms with Crippen molar-refractivity contribution in [1.29, 1.82) is 0 Å². The van der Waals surface area contributed by atoms with Crippen molar-refractivity contribution >= 4 is 21.7 Å². The molecule has 0 unspecified atom stereocenters. The molecule has 0 amide bonds. The molecule has 21 heavy (non-hydrogen) atoms. The predicted molar refractivity (Wildman–Crippen MR) is 85.9 cm³/mol. The van der Waals surface area contributed by atoms with Gasteiger partial charge in [0, 0.05) is 11.6 Å². The number of ether oxygens (including phenoxy) is 2. The standard InChI is InChI=1S/C15H18BrN3O2/c1-8(2)19-9(3)18-13(15(19)17)10-6-11(16)14-12(7-10)20-4-5-21-14/h6-8H,4-5,17H2,1-3H3. The topological polar surface area (TPSA) is 62.3 Å². The zero-order valence-electron chi connectivity index (χ0n) is 12.3. The van der Waals surface area contributed by atoms with Gasteiger partial charge < -0.3 is 19.8 Å². The summed E-state index contributed by atoms with van der Waals surface area (Å²) in [4.78, 5) is 4.61. The van der Waals surface area contributed by atoms with E-state index in [1.54, 1.807) is 0 Å². The molecule has 0 atom stereocenters. The van der Waals surface area contributed by atoms with Crippen molar-refractivity contribution in [3.8, 4) is 22.8 Å². The zero-order chi connectivity index (χ0) is 15.1. The maximum absolute atomic E-state index is 6.28. The van der Waals surface area contributed by atoms with Crippen LogP contribution >= 0.6 is 15.9 Å². The predicted octanol–water partition coefficient (Wildman–Crippen LogP) is 3.56. The van der Waals surface area contributed by atoms with Gasteiger partial charge in [-0.05, 0) is 48.8 Å². The van der Waals surface area contributed by atoms with Gasteiger partial charge >= 0.3 is 0 Å². The van der Waals surface area contributed by atoms with Crippen LogP contribution < -0.4 is 15.2 Å². The molecule has 112 valence electrons. The van der Waals surface area contributed by atoms with Crippen LogP contribution in [0.4, 0.5) is 5.82 Å². The highest BCUT2D eigenvalue weighted by atomic mass is 79.9. The van der Waals surface area contributed by atoms with Crippen LogP contribution in [0.3, 0.4) is 0 Å². The van der Waals surface area contributed by atoms with Crippen molar-refractivity contribution in [2.45, 2.75) is 26.8 Å². The summed E-state index contributed by atoms with van der Waals surface area (Å²) in [5.41, 5.74) is 7.98. The third-order valence-corrected chi connectivity index (χ3v) is 4.10. The number of hydrogen-bond donors (Lipinski definition) is 1. The van der Waals surface area contributed by atoms with E-state index >= 15 is 0 Å². The number of aromatic nitrogens is 2. The molecule has 0 radical (unpaired) electrons. The molecule has 0 spiro atoms. The fraction of sp³-hybridized carbons (Fsp3) is 0.400. The summed E-state index contributed by atoms with van der Waals surface area (Å²) in [6.45, 7) is 7.27. The van der Waals surface area contributed by atoms with Crippen LogP contribution in [0.15, 0.2) is 16.6 Å². The van der Waals surface area contributed by atoms with Crippen LogP contribution in [-0.4, -0.2) is 22.8 Å². The molecular formula is C15H18BrN3O2. The van der Waals surface area contributed by atoms with E-state index in [4.69, 9.17) is 15.2 Å². The van der Waals surface area contributed by atoms with Gasteiger partial charge in [-0.1, -0.05) is 0 Å². The van der Waals surface area contributed by atoms with Gasteiger partial charge in [0.2, 0.25) is 0 Å². The third-order valence-electron chi connectivity index (χ3n) is 3.51. The molecule has 1 aliphatic rings. The molecule has 0 saturated carbocycles. The second-order valence-corrected chi connectivity index (χ2v) is 6.19. The first-order valence-corrected chi connectivity index (χ1v) is 7.72. The van der Waals surface area contributed by atoms with Crippen LogP contribution in [0.2, 0.25) is 0 Å². The Bertz CT molecular complexity index is 695. The van der Waals surface area contributed by atoms with E-state index in [2.05, 4.69) is 34.8 Å². The van der Waals surface area contributed by atoms with Crippen molar-refractivity contribution in [2.24, 2.45) is 0 Å². The van der Waals surface area contributed by atoms with Crippen molar-refractivity contribution in [1.82, 2.24) is 9.55 Å². The van der Waals surface area contributed by atoms with E-state index in [1.807, 2.05) is 23.6 Å². The van der Waals surface area contributed by atoms with Gasteiger partial charge in [0.1, 0.15) is 30.5 Å². The Hall–Kier alpha value is -1.69. The molecule has 2 N–H and O–H groups in total. The smallest absolute Gasteiger partial charge is 0.175 e. The van der Waals surface area contributed by atoms with Crippen molar-refractivity contribution < 1.29 is 9.47 Å². The molecule has 0 saturated heterocycles. The number of nitrogen functional groups attached to an aromatic ring is 1. The highest BCUT2D eigenvalue weighted by Gasteiger charge is 2.21. The van der Waals surface area contributed by atoms with Crippen molar-refractivity contribution in [3.05, 3.63) is 22.4 Å². The van der Waals surface area contributed by atoms with E-state index in [0.717, 1.165) is 33.1 Å². The highest BCUT2D eigenvalue weighted by molar-refractivity contribution is 9.10. The summed E-state index contributed by atoms with van der Waals surface area (Å²) in [6, 6.07) is 4.17. The van der Waals surface area contributed by atoms with E-state index < -0.39 is 0 Å². The minimum atomic E-state index is 0.270. The Morgan fingerprint density at radius 2 is 2.00 bits per heavy atom. The molecule has 6 heteroatoms. The molecule has 0 bridgehead atoms. The van der Waals surface area contributed by atoms with Crippen LogP contribution in [-0.2, 0) is 0 Å².